The lowest BCUT2D eigenvalue weighted by molar-refractivity contribution is 0.210. The van der Waals surface area contributed by atoms with Gasteiger partial charge in [-0.3, -0.25) is 0 Å². The van der Waals surface area contributed by atoms with Crippen molar-refractivity contribution in [3.8, 4) is 11.3 Å². The van der Waals surface area contributed by atoms with Crippen LogP contribution in [0.2, 0.25) is 0 Å². The maximum Gasteiger partial charge on any atom is 0.225 e. The number of rotatable bonds is 7. The molecule has 0 atom stereocenters. The molecule has 0 saturated carbocycles. The van der Waals surface area contributed by atoms with Crippen LogP contribution in [0.4, 0.5) is 17.5 Å². The Morgan fingerprint density at radius 2 is 1.76 bits per heavy atom. The Hall–Kier alpha value is -2.44. The van der Waals surface area contributed by atoms with Crippen LogP contribution in [0.15, 0.2) is 65.1 Å². The third kappa shape index (κ3) is 4.78. The quantitative estimate of drug-likeness (QED) is 0.564. The molecule has 25 heavy (non-hydrogen) atoms. The van der Waals surface area contributed by atoms with Gasteiger partial charge in [0.25, 0.3) is 0 Å². The van der Waals surface area contributed by atoms with Crippen molar-refractivity contribution in [2.75, 3.05) is 30.9 Å². The number of ether oxygens (including phenoxy) is 1. The largest absolute Gasteiger partial charge is 0.383 e. The Labute approximate surface area is 155 Å². The van der Waals surface area contributed by atoms with Gasteiger partial charge in [-0.1, -0.05) is 42.5 Å². The van der Waals surface area contributed by atoms with Crippen molar-refractivity contribution in [3.05, 3.63) is 65.1 Å². The van der Waals surface area contributed by atoms with Crippen LogP contribution in [0.25, 0.3) is 11.3 Å². The van der Waals surface area contributed by atoms with E-state index in [1.807, 2.05) is 60.7 Å². The van der Waals surface area contributed by atoms with Crippen LogP contribution >= 0.6 is 15.9 Å². The van der Waals surface area contributed by atoms with Gasteiger partial charge in [0.1, 0.15) is 5.82 Å². The summed E-state index contributed by atoms with van der Waals surface area (Å²) in [7, 11) is 1.67. The van der Waals surface area contributed by atoms with Gasteiger partial charge in [-0.15, -0.1) is 0 Å². The molecule has 128 valence electrons. The van der Waals surface area contributed by atoms with Gasteiger partial charge in [0.15, 0.2) is 0 Å². The molecule has 0 amide bonds. The highest BCUT2D eigenvalue weighted by Gasteiger charge is 2.08. The van der Waals surface area contributed by atoms with E-state index in [9.17, 15) is 0 Å². The van der Waals surface area contributed by atoms with Crippen molar-refractivity contribution in [2.45, 2.75) is 0 Å². The summed E-state index contributed by atoms with van der Waals surface area (Å²) in [5.74, 6) is 1.29. The standard InChI is InChI=1S/C19H19BrN4O/c1-25-12-11-21-19-23-17(14-7-3-2-4-8-14)13-18(24-19)22-16-10-6-5-9-15(16)20/h2-10,13H,11-12H2,1H3,(H2,21,22,23,24). The van der Waals surface area contributed by atoms with Crippen LogP contribution < -0.4 is 10.6 Å². The fourth-order valence-corrected chi connectivity index (χ4v) is 2.70. The second-order valence-electron chi connectivity index (χ2n) is 5.35. The van der Waals surface area contributed by atoms with E-state index < -0.39 is 0 Å². The minimum atomic E-state index is 0.563. The molecule has 3 rings (SSSR count). The number of benzene rings is 2. The number of hydrogen-bond donors (Lipinski definition) is 2. The fourth-order valence-electron chi connectivity index (χ4n) is 2.31. The molecule has 5 nitrogen and oxygen atoms in total. The predicted octanol–water partition coefficient (Wildman–Crippen LogP) is 4.71. The summed E-state index contributed by atoms with van der Waals surface area (Å²) < 4.78 is 6.06. The third-order valence-corrected chi connectivity index (χ3v) is 4.21. The number of halogens is 1. The molecule has 2 N–H and O–H groups in total. The first-order valence-electron chi connectivity index (χ1n) is 7.95. The molecule has 0 bridgehead atoms. The van der Waals surface area contributed by atoms with E-state index in [4.69, 9.17) is 4.74 Å². The molecule has 0 fully saturated rings. The van der Waals surface area contributed by atoms with E-state index in [0.717, 1.165) is 27.2 Å². The third-order valence-electron chi connectivity index (χ3n) is 3.52. The first kappa shape index (κ1) is 17.4. The van der Waals surface area contributed by atoms with Gasteiger partial charge in [-0.2, -0.15) is 4.98 Å². The summed E-state index contributed by atoms with van der Waals surface area (Å²) in [6.45, 7) is 1.23. The average Bonchev–Trinajstić information content (AvgIpc) is 2.64. The zero-order valence-electron chi connectivity index (χ0n) is 13.9. The van der Waals surface area contributed by atoms with Crippen molar-refractivity contribution < 1.29 is 4.74 Å². The number of nitrogens with zero attached hydrogens (tertiary/aromatic N) is 2. The highest BCUT2D eigenvalue weighted by atomic mass is 79.9. The van der Waals surface area contributed by atoms with Crippen LogP contribution in [0.3, 0.4) is 0 Å². The molecule has 0 aliphatic heterocycles. The number of para-hydroxylation sites is 1. The topological polar surface area (TPSA) is 59.1 Å². The summed E-state index contributed by atoms with van der Waals surface area (Å²) in [5, 5.41) is 6.54. The molecule has 0 aliphatic carbocycles. The van der Waals surface area contributed by atoms with E-state index >= 15 is 0 Å². The molecular weight excluding hydrogens is 380 g/mol. The van der Waals surface area contributed by atoms with E-state index in [1.165, 1.54) is 0 Å². The Morgan fingerprint density at radius 1 is 1.00 bits per heavy atom. The van der Waals surface area contributed by atoms with Crippen LogP contribution in [0.5, 0.6) is 0 Å². The minimum Gasteiger partial charge on any atom is -0.383 e. The smallest absolute Gasteiger partial charge is 0.225 e. The Morgan fingerprint density at radius 3 is 2.52 bits per heavy atom. The summed E-state index contributed by atoms with van der Waals surface area (Å²) >= 11 is 3.55. The summed E-state index contributed by atoms with van der Waals surface area (Å²) in [5.41, 5.74) is 2.84. The van der Waals surface area contributed by atoms with Crippen LogP contribution in [-0.4, -0.2) is 30.2 Å². The Kier molecular flexibility index (Phi) is 5.98. The van der Waals surface area contributed by atoms with E-state index in [2.05, 4.69) is 36.5 Å². The minimum absolute atomic E-state index is 0.563. The number of methoxy groups -OCH3 is 1. The predicted molar refractivity (Wildman–Crippen MR) is 105 cm³/mol. The summed E-state index contributed by atoms with van der Waals surface area (Å²) in [6.07, 6.45) is 0. The second kappa shape index (κ2) is 8.60. The van der Waals surface area contributed by atoms with Crippen molar-refractivity contribution in [1.82, 2.24) is 9.97 Å². The molecule has 0 unspecified atom stereocenters. The Bertz CT molecular complexity index is 827. The number of nitrogens with one attached hydrogen (secondary N) is 2. The van der Waals surface area contributed by atoms with Gasteiger partial charge >= 0.3 is 0 Å². The molecule has 1 aromatic heterocycles. The second-order valence-corrected chi connectivity index (χ2v) is 6.21. The van der Waals surface area contributed by atoms with Crippen molar-refractivity contribution in [1.29, 1.82) is 0 Å². The molecule has 0 spiro atoms. The molecule has 2 aromatic carbocycles. The van der Waals surface area contributed by atoms with Gasteiger partial charge in [-0.25, -0.2) is 4.98 Å². The molecule has 6 heteroatoms. The van der Waals surface area contributed by atoms with Gasteiger partial charge < -0.3 is 15.4 Å². The van der Waals surface area contributed by atoms with Crippen LogP contribution in [0.1, 0.15) is 0 Å². The lowest BCUT2D eigenvalue weighted by atomic mass is 10.1. The molecular formula is C19H19BrN4O. The summed E-state index contributed by atoms with van der Waals surface area (Å²) in [6, 6.07) is 19.9. The maximum absolute atomic E-state index is 5.08. The molecule has 3 aromatic rings. The SMILES string of the molecule is COCCNc1nc(Nc2ccccc2Br)cc(-c2ccccc2)n1. The molecule has 0 saturated heterocycles. The summed E-state index contributed by atoms with van der Waals surface area (Å²) in [4.78, 5) is 9.17. The van der Waals surface area contributed by atoms with E-state index in [1.54, 1.807) is 7.11 Å². The monoisotopic (exact) mass is 398 g/mol. The normalized spacial score (nSPS) is 10.5. The zero-order valence-corrected chi connectivity index (χ0v) is 15.5. The molecule has 0 aliphatic rings. The van der Waals surface area contributed by atoms with Crippen LogP contribution in [-0.2, 0) is 4.74 Å². The van der Waals surface area contributed by atoms with Crippen molar-refractivity contribution in [3.63, 3.8) is 0 Å². The van der Waals surface area contributed by atoms with E-state index in [0.29, 0.717) is 19.1 Å². The first-order chi connectivity index (χ1) is 12.3. The number of hydrogen-bond acceptors (Lipinski definition) is 5. The Balaban J connectivity index is 1.93. The number of aromatic nitrogens is 2. The molecule has 0 radical (unpaired) electrons. The fraction of sp³-hybridized carbons (Fsp3) is 0.158. The lowest BCUT2D eigenvalue weighted by Crippen LogP contribution is -2.11. The van der Waals surface area contributed by atoms with Gasteiger partial charge in [0.05, 0.1) is 18.0 Å². The van der Waals surface area contributed by atoms with Gasteiger partial charge in [0, 0.05) is 29.8 Å². The lowest BCUT2D eigenvalue weighted by Gasteiger charge is -2.12. The highest BCUT2D eigenvalue weighted by molar-refractivity contribution is 9.10. The maximum atomic E-state index is 5.08. The highest BCUT2D eigenvalue weighted by Crippen LogP contribution is 2.27. The van der Waals surface area contributed by atoms with Gasteiger partial charge in [-0.05, 0) is 28.1 Å². The van der Waals surface area contributed by atoms with E-state index in [-0.39, 0.29) is 0 Å². The molecule has 1 heterocycles. The number of anilines is 3. The zero-order chi connectivity index (χ0) is 17.5. The first-order valence-corrected chi connectivity index (χ1v) is 8.74. The van der Waals surface area contributed by atoms with Crippen LogP contribution in [0, 0.1) is 0 Å². The van der Waals surface area contributed by atoms with Crippen molar-refractivity contribution in [2.24, 2.45) is 0 Å². The van der Waals surface area contributed by atoms with Gasteiger partial charge in [0.2, 0.25) is 5.95 Å². The average molecular weight is 399 g/mol. The van der Waals surface area contributed by atoms with Crippen molar-refractivity contribution >= 4 is 33.4 Å².